The van der Waals surface area contributed by atoms with E-state index in [2.05, 4.69) is 27.1 Å². The summed E-state index contributed by atoms with van der Waals surface area (Å²) in [7, 11) is 1.73. The number of nitrogens with zero attached hydrogens (tertiary/aromatic N) is 3. The number of anilines is 2. The Balaban J connectivity index is 1.97. The minimum absolute atomic E-state index is 0.772. The Morgan fingerprint density at radius 2 is 2.10 bits per heavy atom. The lowest BCUT2D eigenvalue weighted by atomic mass is 10.00. The molecular weight excluding hydrogens is 252 g/mol. The van der Waals surface area contributed by atoms with Crippen LogP contribution in [0, 0.1) is 12.8 Å². The summed E-state index contributed by atoms with van der Waals surface area (Å²) in [5, 5.41) is 3.35. The Morgan fingerprint density at radius 1 is 1.35 bits per heavy atom. The van der Waals surface area contributed by atoms with Crippen LogP contribution in [0.2, 0.25) is 0 Å². The molecule has 0 spiro atoms. The minimum Gasteiger partial charge on any atom is -0.385 e. The fourth-order valence-electron chi connectivity index (χ4n) is 2.43. The monoisotopic (exact) mass is 278 g/mol. The molecular formula is C15H26N4O. The molecule has 2 heterocycles. The first-order valence-electron chi connectivity index (χ1n) is 7.52. The summed E-state index contributed by atoms with van der Waals surface area (Å²) >= 11 is 0. The second kappa shape index (κ2) is 7.43. The number of ether oxygens (including phenoxy) is 1. The van der Waals surface area contributed by atoms with Gasteiger partial charge >= 0.3 is 0 Å². The van der Waals surface area contributed by atoms with Crippen molar-refractivity contribution >= 4 is 11.8 Å². The SMILES string of the molecule is COCCCNc1cc(C)nc(N2CCC(C)CC2)n1. The second-order valence-electron chi connectivity index (χ2n) is 5.64. The molecule has 0 amide bonds. The zero-order valence-electron chi connectivity index (χ0n) is 12.9. The molecule has 5 nitrogen and oxygen atoms in total. The van der Waals surface area contributed by atoms with Gasteiger partial charge in [0.2, 0.25) is 5.95 Å². The van der Waals surface area contributed by atoms with Gasteiger partial charge in [-0.3, -0.25) is 0 Å². The van der Waals surface area contributed by atoms with E-state index in [1.54, 1.807) is 7.11 Å². The van der Waals surface area contributed by atoms with E-state index in [9.17, 15) is 0 Å². The Labute approximate surface area is 121 Å². The predicted molar refractivity (Wildman–Crippen MR) is 82.4 cm³/mol. The van der Waals surface area contributed by atoms with Crippen molar-refractivity contribution in [2.45, 2.75) is 33.1 Å². The molecule has 0 bridgehead atoms. The van der Waals surface area contributed by atoms with Crippen LogP contribution in [0.15, 0.2) is 6.07 Å². The average molecular weight is 278 g/mol. The van der Waals surface area contributed by atoms with Crippen LogP contribution in [-0.2, 0) is 4.74 Å². The van der Waals surface area contributed by atoms with Gasteiger partial charge in [0.05, 0.1) is 0 Å². The van der Waals surface area contributed by atoms with Crippen molar-refractivity contribution in [1.29, 1.82) is 0 Å². The molecule has 0 saturated carbocycles. The summed E-state index contributed by atoms with van der Waals surface area (Å²) in [5.41, 5.74) is 1.02. The van der Waals surface area contributed by atoms with Gasteiger partial charge in [0.25, 0.3) is 0 Å². The number of methoxy groups -OCH3 is 1. The van der Waals surface area contributed by atoms with Crippen LogP contribution in [0.3, 0.4) is 0 Å². The summed E-state index contributed by atoms with van der Waals surface area (Å²) < 4.78 is 5.05. The highest BCUT2D eigenvalue weighted by molar-refractivity contribution is 5.43. The van der Waals surface area contributed by atoms with E-state index < -0.39 is 0 Å². The summed E-state index contributed by atoms with van der Waals surface area (Å²) in [5.74, 6) is 2.61. The minimum atomic E-state index is 0.772. The maximum Gasteiger partial charge on any atom is 0.227 e. The third-order valence-corrected chi connectivity index (χ3v) is 3.74. The van der Waals surface area contributed by atoms with Crippen LogP contribution in [0.5, 0.6) is 0 Å². The number of aromatic nitrogens is 2. The van der Waals surface area contributed by atoms with Gasteiger partial charge < -0.3 is 15.0 Å². The molecule has 1 saturated heterocycles. The van der Waals surface area contributed by atoms with Crippen molar-refractivity contribution < 1.29 is 4.74 Å². The fourth-order valence-corrected chi connectivity index (χ4v) is 2.43. The molecule has 1 aliphatic rings. The second-order valence-corrected chi connectivity index (χ2v) is 5.64. The van der Waals surface area contributed by atoms with Crippen LogP contribution in [0.25, 0.3) is 0 Å². The lowest BCUT2D eigenvalue weighted by molar-refractivity contribution is 0.198. The summed E-state index contributed by atoms with van der Waals surface area (Å²) in [4.78, 5) is 11.5. The average Bonchev–Trinajstić information content (AvgIpc) is 2.44. The Morgan fingerprint density at radius 3 is 2.80 bits per heavy atom. The first-order valence-corrected chi connectivity index (χ1v) is 7.52. The normalized spacial score (nSPS) is 16.4. The van der Waals surface area contributed by atoms with Crippen LogP contribution >= 0.6 is 0 Å². The van der Waals surface area contributed by atoms with Gasteiger partial charge in [-0.25, -0.2) is 4.98 Å². The number of aryl methyl sites for hydroxylation is 1. The van der Waals surface area contributed by atoms with Gasteiger partial charge in [-0.2, -0.15) is 4.98 Å². The summed E-state index contributed by atoms with van der Waals surface area (Å²) in [6.07, 6.45) is 3.44. The molecule has 1 fully saturated rings. The quantitative estimate of drug-likeness (QED) is 0.810. The van der Waals surface area contributed by atoms with Crippen LogP contribution in [0.1, 0.15) is 31.9 Å². The first-order chi connectivity index (χ1) is 9.69. The van der Waals surface area contributed by atoms with Crippen molar-refractivity contribution in [1.82, 2.24) is 9.97 Å². The Hall–Kier alpha value is -1.36. The molecule has 1 aromatic heterocycles. The number of nitrogens with one attached hydrogen (secondary N) is 1. The fraction of sp³-hybridized carbons (Fsp3) is 0.733. The van der Waals surface area contributed by atoms with E-state index in [4.69, 9.17) is 4.74 Å². The van der Waals surface area contributed by atoms with Gasteiger partial charge in [-0.1, -0.05) is 6.92 Å². The molecule has 0 radical (unpaired) electrons. The smallest absolute Gasteiger partial charge is 0.227 e. The van der Waals surface area contributed by atoms with E-state index in [0.717, 1.165) is 56.0 Å². The van der Waals surface area contributed by atoms with Crippen molar-refractivity contribution in [3.05, 3.63) is 11.8 Å². The van der Waals surface area contributed by atoms with Crippen molar-refractivity contribution in [3.8, 4) is 0 Å². The van der Waals surface area contributed by atoms with Crippen LogP contribution in [-0.4, -0.2) is 43.3 Å². The molecule has 20 heavy (non-hydrogen) atoms. The summed E-state index contributed by atoms with van der Waals surface area (Å²) in [6.45, 7) is 8.12. The molecule has 1 N–H and O–H groups in total. The maximum absolute atomic E-state index is 5.05. The van der Waals surface area contributed by atoms with Gasteiger partial charge in [-0.15, -0.1) is 0 Å². The van der Waals surface area contributed by atoms with Crippen molar-refractivity contribution in [3.63, 3.8) is 0 Å². The Kier molecular flexibility index (Phi) is 5.59. The first kappa shape index (κ1) is 15.0. The Bertz CT molecular complexity index is 416. The molecule has 2 rings (SSSR count). The van der Waals surface area contributed by atoms with Crippen LogP contribution < -0.4 is 10.2 Å². The molecule has 0 atom stereocenters. The molecule has 5 heteroatoms. The zero-order valence-corrected chi connectivity index (χ0v) is 12.9. The van der Waals surface area contributed by atoms with Crippen LogP contribution in [0.4, 0.5) is 11.8 Å². The van der Waals surface area contributed by atoms with Crippen molar-refractivity contribution in [2.24, 2.45) is 5.92 Å². The highest BCUT2D eigenvalue weighted by Gasteiger charge is 2.18. The third-order valence-electron chi connectivity index (χ3n) is 3.74. The van der Waals surface area contributed by atoms with E-state index in [1.807, 2.05) is 13.0 Å². The number of rotatable bonds is 6. The van der Waals surface area contributed by atoms with E-state index in [-0.39, 0.29) is 0 Å². The highest BCUT2D eigenvalue weighted by atomic mass is 16.5. The predicted octanol–water partition coefficient (Wildman–Crippen LogP) is 2.47. The maximum atomic E-state index is 5.05. The van der Waals surface area contributed by atoms with E-state index >= 15 is 0 Å². The third kappa shape index (κ3) is 4.34. The highest BCUT2D eigenvalue weighted by Crippen LogP contribution is 2.21. The number of hydrogen-bond donors (Lipinski definition) is 1. The summed E-state index contributed by atoms with van der Waals surface area (Å²) in [6, 6.07) is 2.00. The molecule has 112 valence electrons. The molecule has 1 aromatic rings. The molecule has 0 unspecified atom stereocenters. The van der Waals surface area contributed by atoms with E-state index in [0.29, 0.717) is 0 Å². The number of hydrogen-bond acceptors (Lipinski definition) is 5. The lowest BCUT2D eigenvalue weighted by Crippen LogP contribution is -2.34. The topological polar surface area (TPSA) is 50.3 Å². The van der Waals surface area contributed by atoms with Gasteiger partial charge in [0.15, 0.2) is 0 Å². The standard InChI is InChI=1S/C15H26N4O/c1-12-5-8-19(9-6-12)15-17-13(2)11-14(18-15)16-7-4-10-20-3/h11-12H,4-10H2,1-3H3,(H,16,17,18). The number of piperidine rings is 1. The molecule has 0 aromatic carbocycles. The lowest BCUT2D eigenvalue weighted by Gasteiger charge is -2.30. The zero-order chi connectivity index (χ0) is 14.4. The largest absolute Gasteiger partial charge is 0.385 e. The van der Waals surface area contributed by atoms with E-state index in [1.165, 1.54) is 12.8 Å². The molecule has 0 aliphatic carbocycles. The van der Waals surface area contributed by atoms with Gasteiger partial charge in [0, 0.05) is 45.1 Å². The molecule has 1 aliphatic heterocycles. The van der Waals surface area contributed by atoms with Gasteiger partial charge in [0.1, 0.15) is 5.82 Å². The van der Waals surface area contributed by atoms with Gasteiger partial charge in [-0.05, 0) is 32.1 Å². The van der Waals surface area contributed by atoms with Crippen molar-refractivity contribution in [2.75, 3.05) is 43.6 Å².